The highest BCUT2D eigenvalue weighted by molar-refractivity contribution is 5.76. The molecule has 9 heteroatoms. The largest absolute Gasteiger partial charge is 0.324 e. The molecule has 0 atom stereocenters. The molecule has 1 aliphatic heterocycles. The van der Waals surface area contributed by atoms with E-state index in [1.54, 1.807) is 21.8 Å². The minimum Gasteiger partial charge on any atom is -0.324 e. The lowest BCUT2D eigenvalue weighted by atomic mass is 9.92. The Morgan fingerprint density at radius 3 is 2.68 bits per heavy atom. The zero-order valence-corrected chi connectivity index (χ0v) is 20.3. The molecule has 4 heterocycles. The lowest BCUT2D eigenvalue weighted by molar-refractivity contribution is 0.463. The van der Waals surface area contributed by atoms with Crippen LogP contribution in [0.3, 0.4) is 0 Å². The van der Waals surface area contributed by atoms with E-state index in [1.807, 2.05) is 26.0 Å². The highest BCUT2D eigenvalue weighted by Gasteiger charge is 2.23. The van der Waals surface area contributed by atoms with Gasteiger partial charge in [-0.15, -0.1) is 0 Å². The van der Waals surface area contributed by atoms with Crippen molar-refractivity contribution in [3.05, 3.63) is 63.8 Å². The van der Waals surface area contributed by atoms with Gasteiger partial charge in [0.05, 0.1) is 5.69 Å². The van der Waals surface area contributed by atoms with Crippen molar-refractivity contribution in [3.63, 3.8) is 0 Å². The summed E-state index contributed by atoms with van der Waals surface area (Å²) in [6, 6.07) is 8.10. The molecule has 1 aliphatic rings. The first-order chi connectivity index (χ1) is 16.2. The Kier molecular flexibility index (Phi) is 5.44. The Labute approximate surface area is 198 Å². The predicted octanol–water partition coefficient (Wildman–Crippen LogP) is 3.64. The SMILES string of the molecule is CC(C)n1c(=O)c2cnc(Nc3ccc4c(c3)CNCC4)nc2n1-c1nccc(C(C)(C)C)n1. The summed E-state index contributed by atoms with van der Waals surface area (Å²) in [6.07, 6.45) is 4.34. The third kappa shape index (κ3) is 3.96. The highest BCUT2D eigenvalue weighted by atomic mass is 16.1. The molecular formula is C25H30N8O. The number of anilines is 2. The maximum absolute atomic E-state index is 13.3. The van der Waals surface area contributed by atoms with Crippen molar-refractivity contribution in [2.24, 2.45) is 0 Å². The van der Waals surface area contributed by atoms with Gasteiger partial charge in [-0.2, -0.15) is 9.67 Å². The Morgan fingerprint density at radius 1 is 1.09 bits per heavy atom. The summed E-state index contributed by atoms with van der Waals surface area (Å²) in [7, 11) is 0. The molecule has 0 radical (unpaired) electrons. The van der Waals surface area contributed by atoms with Crippen LogP contribution < -0.4 is 16.2 Å². The maximum Gasteiger partial charge on any atom is 0.278 e. The lowest BCUT2D eigenvalue weighted by Crippen LogP contribution is -2.26. The number of nitrogens with one attached hydrogen (secondary N) is 2. The van der Waals surface area contributed by atoms with E-state index in [9.17, 15) is 4.79 Å². The van der Waals surface area contributed by atoms with E-state index in [0.29, 0.717) is 22.9 Å². The second kappa shape index (κ2) is 8.32. The minimum absolute atomic E-state index is 0.117. The number of hydrogen-bond acceptors (Lipinski definition) is 7. The molecule has 3 aromatic heterocycles. The molecule has 5 rings (SSSR count). The van der Waals surface area contributed by atoms with Gasteiger partial charge in [0, 0.05) is 36.1 Å². The molecule has 0 spiro atoms. The number of rotatable bonds is 4. The lowest BCUT2D eigenvalue weighted by Gasteiger charge is -2.19. The van der Waals surface area contributed by atoms with Gasteiger partial charge < -0.3 is 10.6 Å². The highest BCUT2D eigenvalue weighted by Crippen LogP contribution is 2.24. The first-order valence-electron chi connectivity index (χ1n) is 11.7. The van der Waals surface area contributed by atoms with E-state index in [2.05, 4.69) is 53.5 Å². The summed E-state index contributed by atoms with van der Waals surface area (Å²) >= 11 is 0. The number of benzene rings is 1. The fourth-order valence-corrected chi connectivity index (χ4v) is 4.27. The molecule has 1 aromatic carbocycles. The molecule has 0 unspecified atom stereocenters. The summed E-state index contributed by atoms with van der Waals surface area (Å²) < 4.78 is 3.34. The molecule has 0 amide bonds. The van der Waals surface area contributed by atoms with E-state index in [1.165, 1.54) is 11.1 Å². The van der Waals surface area contributed by atoms with E-state index >= 15 is 0 Å². The van der Waals surface area contributed by atoms with Crippen LogP contribution in [0.5, 0.6) is 0 Å². The Balaban J connectivity index is 1.63. The van der Waals surface area contributed by atoms with Crippen LogP contribution in [0.4, 0.5) is 11.6 Å². The van der Waals surface area contributed by atoms with Gasteiger partial charge in [-0.1, -0.05) is 26.8 Å². The molecule has 9 nitrogen and oxygen atoms in total. The summed E-state index contributed by atoms with van der Waals surface area (Å²) in [4.78, 5) is 31.7. The zero-order valence-electron chi connectivity index (χ0n) is 20.3. The van der Waals surface area contributed by atoms with Crippen molar-refractivity contribution in [1.29, 1.82) is 0 Å². The van der Waals surface area contributed by atoms with Gasteiger partial charge in [0.25, 0.3) is 11.5 Å². The van der Waals surface area contributed by atoms with Crippen LogP contribution in [0, 0.1) is 0 Å². The molecule has 2 N–H and O–H groups in total. The number of nitrogens with zero attached hydrogens (tertiary/aromatic N) is 6. The van der Waals surface area contributed by atoms with Gasteiger partial charge in [0.2, 0.25) is 5.95 Å². The van der Waals surface area contributed by atoms with Crippen molar-refractivity contribution in [2.45, 2.75) is 59.0 Å². The topological polar surface area (TPSA) is 103 Å². The fraction of sp³-hybridized carbons (Fsp3) is 0.400. The van der Waals surface area contributed by atoms with Gasteiger partial charge in [0.15, 0.2) is 5.65 Å². The second-order valence-corrected chi connectivity index (χ2v) is 10.0. The molecule has 34 heavy (non-hydrogen) atoms. The summed E-state index contributed by atoms with van der Waals surface area (Å²) in [5, 5.41) is 7.13. The summed E-state index contributed by atoms with van der Waals surface area (Å²) in [6.45, 7) is 12.1. The van der Waals surface area contributed by atoms with Crippen LogP contribution >= 0.6 is 0 Å². The van der Waals surface area contributed by atoms with Gasteiger partial charge in [-0.05, 0) is 56.1 Å². The average Bonchev–Trinajstić information content (AvgIpc) is 3.10. The smallest absolute Gasteiger partial charge is 0.278 e. The minimum atomic E-state index is -0.166. The van der Waals surface area contributed by atoms with Gasteiger partial charge in [-0.3, -0.25) is 4.79 Å². The normalized spacial score (nSPS) is 13.9. The molecule has 0 saturated carbocycles. The van der Waals surface area contributed by atoms with E-state index < -0.39 is 0 Å². The molecule has 4 aromatic rings. The third-order valence-electron chi connectivity index (χ3n) is 6.06. The third-order valence-corrected chi connectivity index (χ3v) is 6.06. The van der Waals surface area contributed by atoms with E-state index in [4.69, 9.17) is 9.97 Å². The van der Waals surface area contributed by atoms with E-state index in [-0.39, 0.29) is 17.0 Å². The van der Waals surface area contributed by atoms with Crippen molar-refractivity contribution in [2.75, 3.05) is 11.9 Å². The number of hydrogen-bond donors (Lipinski definition) is 2. The summed E-state index contributed by atoms with van der Waals surface area (Å²) in [5.41, 5.74) is 4.57. The van der Waals surface area contributed by atoms with Gasteiger partial charge in [-0.25, -0.2) is 19.6 Å². The Hall–Kier alpha value is -3.59. The molecule has 0 saturated heterocycles. The molecule has 0 fully saturated rings. The van der Waals surface area contributed by atoms with Crippen molar-refractivity contribution < 1.29 is 0 Å². The number of fused-ring (bicyclic) bond motifs is 2. The average molecular weight is 459 g/mol. The number of aromatic nitrogens is 6. The first kappa shape index (κ1) is 22.2. The van der Waals surface area contributed by atoms with Crippen molar-refractivity contribution >= 4 is 22.7 Å². The van der Waals surface area contributed by atoms with Gasteiger partial charge >= 0.3 is 0 Å². The van der Waals surface area contributed by atoms with Crippen LogP contribution in [-0.4, -0.2) is 35.8 Å². The standard InChI is InChI=1S/C25H30N8O/c1-15(2)32-22(34)19-14-28-23(29-18-7-6-16-8-10-26-13-17(16)12-18)31-21(19)33(32)24-27-11-9-20(30-24)25(3,4)5/h6-7,9,11-12,14-15,26H,8,10,13H2,1-5H3,(H,28,29,31). The quantitative estimate of drug-likeness (QED) is 0.481. The molecule has 176 valence electrons. The Morgan fingerprint density at radius 2 is 1.91 bits per heavy atom. The first-order valence-corrected chi connectivity index (χ1v) is 11.7. The van der Waals surface area contributed by atoms with Crippen LogP contribution in [0.25, 0.3) is 17.0 Å². The van der Waals surface area contributed by atoms with Crippen molar-refractivity contribution in [3.8, 4) is 5.95 Å². The van der Waals surface area contributed by atoms with Crippen molar-refractivity contribution in [1.82, 2.24) is 34.6 Å². The van der Waals surface area contributed by atoms with Crippen LogP contribution in [0.2, 0.25) is 0 Å². The fourth-order valence-electron chi connectivity index (χ4n) is 4.27. The summed E-state index contributed by atoms with van der Waals surface area (Å²) in [5.74, 6) is 0.829. The monoisotopic (exact) mass is 458 g/mol. The molecule has 0 bridgehead atoms. The maximum atomic E-state index is 13.3. The van der Waals surface area contributed by atoms with Gasteiger partial charge in [0.1, 0.15) is 5.39 Å². The molecular weight excluding hydrogens is 428 g/mol. The van der Waals surface area contributed by atoms with Crippen LogP contribution in [-0.2, 0) is 18.4 Å². The second-order valence-electron chi connectivity index (χ2n) is 10.0. The molecule has 0 aliphatic carbocycles. The van der Waals surface area contributed by atoms with Crippen LogP contribution in [0.1, 0.15) is 57.5 Å². The predicted molar refractivity (Wildman–Crippen MR) is 133 cm³/mol. The van der Waals surface area contributed by atoms with E-state index in [0.717, 1.165) is 30.9 Å². The van der Waals surface area contributed by atoms with Crippen LogP contribution in [0.15, 0.2) is 41.5 Å². The zero-order chi connectivity index (χ0) is 24.0. The Bertz CT molecular complexity index is 1430.